The van der Waals surface area contributed by atoms with Gasteiger partial charge in [-0.25, -0.2) is 4.79 Å². The predicted octanol–water partition coefficient (Wildman–Crippen LogP) is 5.56. The van der Waals surface area contributed by atoms with Crippen molar-refractivity contribution in [3.63, 3.8) is 0 Å². The lowest BCUT2D eigenvalue weighted by molar-refractivity contribution is 0.0495. The fourth-order valence-electron chi connectivity index (χ4n) is 1.74. The van der Waals surface area contributed by atoms with Gasteiger partial charge < -0.3 is 4.74 Å². The van der Waals surface area contributed by atoms with Crippen LogP contribution in [0.25, 0.3) is 0 Å². The van der Waals surface area contributed by atoms with Crippen LogP contribution in [0.4, 0.5) is 0 Å². The summed E-state index contributed by atoms with van der Waals surface area (Å²) in [4.78, 5) is 14.1. The molecular formula is C17H17BrO2S. The molecule has 0 saturated heterocycles. The summed E-state index contributed by atoms with van der Waals surface area (Å²) in [6.07, 6.45) is 1.91. The first-order valence-electron chi connectivity index (χ1n) is 6.90. The van der Waals surface area contributed by atoms with Crippen LogP contribution < -0.4 is 0 Å². The Bertz CT molecular complexity index is 596. The summed E-state index contributed by atoms with van der Waals surface area (Å²) >= 11 is 4.99. The Hall–Kier alpha value is -1.26. The maximum atomic E-state index is 12.1. The van der Waals surface area contributed by atoms with Crippen LogP contribution in [0.5, 0.6) is 0 Å². The molecule has 0 aliphatic carbocycles. The largest absolute Gasteiger partial charge is 0.462 e. The Labute approximate surface area is 138 Å². The molecule has 0 N–H and O–H groups in total. The van der Waals surface area contributed by atoms with Crippen molar-refractivity contribution in [1.29, 1.82) is 0 Å². The fraction of sp³-hybridized carbons (Fsp3) is 0.235. The second-order valence-electron chi connectivity index (χ2n) is 4.54. The molecule has 4 heteroatoms. The number of carbonyl (C=O) groups excluding carboxylic acids is 1. The van der Waals surface area contributed by atoms with Gasteiger partial charge in [-0.15, -0.1) is 0 Å². The third kappa shape index (κ3) is 4.90. The van der Waals surface area contributed by atoms with Gasteiger partial charge in [-0.1, -0.05) is 53.2 Å². The van der Waals surface area contributed by atoms with E-state index >= 15 is 0 Å². The number of unbranched alkanes of at least 4 members (excludes halogenated alkanes) is 1. The van der Waals surface area contributed by atoms with Crippen LogP contribution in [0.15, 0.2) is 62.8 Å². The first-order chi connectivity index (χ1) is 10.2. The molecule has 0 fully saturated rings. The van der Waals surface area contributed by atoms with Gasteiger partial charge in [0.2, 0.25) is 0 Å². The second kappa shape index (κ2) is 8.25. The summed E-state index contributed by atoms with van der Waals surface area (Å²) in [7, 11) is 0. The Morgan fingerprint density at radius 1 is 1.14 bits per heavy atom. The van der Waals surface area contributed by atoms with E-state index in [0.717, 1.165) is 27.1 Å². The van der Waals surface area contributed by atoms with Crippen LogP contribution in [-0.4, -0.2) is 12.6 Å². The maximum Gasteiger partial charge on any atom is 0.339 e. The van der Waals surface area contributed by atoms with Crippen LogP contribution in [0.1, 0.15) is 30.1 Å². The predicted molar refractivity (Wildman–Crippen MR) is 89.9 cm³/mol. The van der Waals surface area contributed by atoms with Gasteiger partial charge in [-0.05, 0) is 42.8 Å². The molecule has 2 aromatic rings. The van der Waals surface area contributed by atoms with Gasteiger partial charge >= 0.3 is 5.97 Å². The summed E-state index contributed by atoms with van der Waals surface area (Å²) in [6.45, 7) is 2.55. The lowest BCUT2D eigenvalue weighted by Crippen LogP contribution is -2.07. The lowest BCUT2D eigenvalue weighted by atomic mass is 10.2. The minimum atomic E-state index is -0.247. The second-order valence-corrected chi connectivity index (χ2v) is 6.57. The monoisotopic (exact) mass is 364 g/mol. The van der Waals surface area contributed by atoms with E-state index in [0.29, 0.717) is 12.2 Å². The van der Waals surface area contributed by atoms with E-state index in [9.17, 15) is 4.79 Å². The van der Waals surface area contributed by atoms with Crippen molar-refractivity contribution < 1.29 is 9.53 Å². The van der Waals surface area contributed by atoms with Crippen molar-refractivity contribution >= 4 is 33.7 Å². The number of esters is 1. The number of hydrogen-bond donors (Lipinski definition) is 0. The summed E-state index contributed by atoms with van der Waals surface area (Å²) in [5, 5.41) is 0. The highest BCUT2D eigenvalue weighted by Crippen LogP contribution is 2.31. The molecule has 0 spiro atoms. The van der Waals surface area contributed by atoms with Gasteiger partial charge in [0.25, 0.3) is 0 Å². The molecule has 0 radical (unpaired) electrons. The molecule has 0 aromatic heterocycles. The zero-order valence-electron chi connectivity index (χ0n) is 11.8. The Kier molecular flexibility index (Phi) is 6.33. The molecule has 110 valence electrons. The quantitative estimate of drug-likeness (QED) is 0.495. The van der Waals surface area contributed by atoms with Crippen molar-refractivity contribution in [2.75, 3.05) is 6.61 Å². The molecule has 0 atom stereocenters. The van der Waals surface area contributed by atoms with E-state index in [-0.39, 0.29) is 5.97 Å². The molecule has 2 rings (SSSR count). The van der Waals surface area contributed by atoms with E-state index in [1.54, 1.807) is 11.8 Å². The molecule has 0 bridgehead atoms. The van der Waals surface area contributed by atoms with Crippen LogP contribution in [0.2, 0.25) is 0 Å². The van der Waals surface area contributed by atoms with Gasteiger partial charge in [0.05, 0.1) is 12.2 Å². The molecule has 2 nitrogen and oxygen atoms in total. The van der Waals surface area contributed by atoms with E-state index in [2.05, 4.69) is 22.9 Å². The highest BCUT2D eigenvalue weighted by Gasteiger charge is 2.13. The number of hydrogen-bond acceptors (Lipinski definition) is 3. The normalized spacial score (nSPS) is 10.4. The lowest BCUT2D eigenvalue weighted by Gasteiger charge is -2.09. The minimum Gasteiger partial charge on any atom is -0.462 e. The van der Waals surface area contributed by atoms with Crippen molar-refractivity contribution in [3.8, 4) is 0 Å². The van der Waals surface area contributed by atoms with Crippen LogP contribution in [0, 0.1) is 0 Å². The topological polar surface area (TPSA) is 26.3 Å². The SMILES string of the molecule is CCCCOC(=O)c1ccccc1Sc1ccc(Br)cc1. The van der Waals surface area contributed by atoms with Crippen LogP contribution >= 0.6 is 27.7 Å². The number of rotatable bonds is 6. The number of halogens is 1. The van der Waals surface area contributed by atoms with Crippen molar-refractivity contribution in [3.05, 3.63) is 58.6 Å². The summed E-state index contributed by atoms with van der Waals surface area (Å²) in [5.74, 6) is -0.247. The molecule has 0 aliphatic rings. The van der Waals surface area contributed by atoms with Crippen LogP contribution in [-0.2, 0) is 4.74 Å². The maximum absolute atomic E-state index is 12.1. The van der Waals surface area contributed by atoms with Gasteiger partial charge in [0.1, 0.15) is 0 Å². The smallest absolute Gasteiger partial charge is 0.339 e. The fourth-order valence-corrected chi connectivity index (χ4v) is 2.94. The Morgan fingerprint density at radius 2 is 1.86 bits per heavy atom. The molecule has 0 unspecified atom stereocenters. The summed E-state index contributed by atoms with van der Waals surface area (Å²) in [6, 6.07) is 15.6. The van der Waals surface area contributed by atoms with E-state index in [1.165, 1.54) is 0 Å². The third-order valence-electron chi connectivity index (χ3n) is 2.88. The van der Waals surface area contributed by atoms with Crippen molar-refractivity contribution in [2.24, 2.45) is 0 Å². The van der Waals surface area contributed by atoms with Gasteiger partial charge in [-0.3, -0.25) is 0 Å². The average Bonchev–Trinajstić information content (AvgIpc) is 2.50. The van der Waals surface area contributed by atoms with Gasteiger partial charge in [0, 0.05) is 14.3 Å². The highest BCUT2D eigenvalue weighted by atomic mass is 79.9. The number of benzene rings is 2. The minimum absolute atomic E-state index is 0.247. The molecule has 2 aromatic carbocycles. The van der Waals surface area contributed by atoms with E-state index in [1.807, 2.05) is 48.5 Å². The van der Waals surface area contributed by atoms with Crippen molar-refractivity contribution in [2.45, 2.75) is 29.6 Å². The van der Waals surface area contributed by atoms with E-state index in [4.69, 9.17) is 4.74 Å². The van der Waals surface area contributed by atoms with E-state index < -0.39 is 0 Å². The van der Waals surface area contributed by atoms with Crippen LogP contribution in [0.3, 0.4) is 0 Å². The summed E-state index contributed by atoms with van der Waals surface area (Å²) < 4.78 is 6.35. The molecule has 0 heterocycles. The number of ether oxygens (including phenoxy) is 1. The van der Waals surface area contributed by atoms with Gasteiger partial charge in [-0.2, -0.15) is 0 Å². The first-order valence-corrected chi connectivity index (χ1v) is 8.51. The third-order valence-corrected chi connectivity index (χ3v) is 4.49. The zero-order chi connectivity index (χ0) is 15.1. The van der Waals surface area contributed by atoms with Crippen molar-refractivity contribution in [1.82, 2.24) is 0 Å². The Morgan fingerprint density at radius 3 is 2.57 bits per heavy atom. The molecule has 0 aliphatic heterocycles. The van der Waals surface area contributed by atoms with Gasteiger partial charge in [0.15, 0.2) is 0 Å². The summed E-state index contributed by atoms with van der Waals surface area (Å²) in [5.41, 5.74) is 0.626. The molecule has 0 saturated carbocycles. The molecule has 0 amide bonds. The number of carbonyl (C=O) groups is 1. The Balaban J connectivity index is 2.12. The zero-order valence-corrected chi connectivity index (χ0v) is 14.2. The first kappa shape index (κ1) is 16.1. The standard InChI is InChI=1S/C17H17BrO2S/c1-2-3-12-20-17(19)15-6-4-5-7-16(15)21-14-10-8-13(18)9-11-14/h4-11H,2-3,12H2,1H3. The molecule has 21 heavy (non-hydrogen) atoms. The average molecular weight is 365 g/mol. The molecular weight excluding hydrogens is 348 g/mol. The highest BCUT2D eigenvalue weighted by molar-refractivity contribution is 9.10.